The molecule has 1 saturated heterocycles. The number of amides is 1. The first-order chi connectivity index (χ1) is 11.1. The zero-order chi connectivity index (χ0) is 16.4. The molecule has 2 heterocycles. The lowest BCUT2D eigenvalue weighted by Crippen LogP contribution is -2.51. The van der Waals surface area contributed by atoms with Crippen LogP contribution >= 0.6 is 0 Å². The van der Waals surface area contributed by atoms with E-state index in [2.05, 4.69) is 19.0 Å². The second-order valence-electron chi connectivity index (χ2n) is 6.41. The van der Waals surface area contributed by atoms with Gasteiger partial charge in [0.15, 0.2) is 0 Å². The molecule has 0 spiro atoms. The first-order valence-corrected chi connectivity index (χ1v) is 8.30. The van der Waals surface area contributed by atoms with Gasteiger partial charge in [0.2, 0.25) is 6.10 Å². The normalized spacial score (nSPS) is 27.3. The van der Waals surface area contributed by atoms with E-state index in [1.54, 1.807) is 7.11 Å². The number of methoxy groups -OCH3 is 1. The predicted octanol–water partition coefficient (Wildman–Crippen LogP) is 2.98. The summed E-state index contributed by atoms with van der Waals surface area (Å²) in [5, 5.41) is 4.15. The molecule has 0 saturated carbocycles. The maximum atomic E-state index is 12.8. The number of carbonyl (C=O) groups is 1. The van der Waals surface area contributed by atoms with Crippen molar-refractivity contribution in [2.24, 2.45) is 5.16 Å². The molecule has 0 aromatic heterocycles. The monoisotopic (exact) mass is 316 g/mol. The van der Waals surface area contributed by atoms with Crippen LogP contribution in [0.5, 0.6) is 5.75 Å². The number of carbonyl (C=O) groups excluding carboxylic acids is 1. The quantitative estimate of drug-likeness (QED) is 0.861. The molecule has 0 N–H and O–H groups in total. The molecule has 5 nitrogen and oxygen atoms in total. The average Bonchev–Trinajstić information content (AvgIpc) is 3.04. The Balaban J connectivity index is 1.72. The molecule has 3 atom stereocenters. The minimum atomic E-state index is -0.516. The fourth-order valence-electron chi connectivity index (χ4n) is 3.57. The lowest BCUT2D eigenvalue weighted by molar-refractivity contribution is -0.148. The molecule has 2 aliphatic heterocycles. The zero-order valence-electron chi connectivity index (χ0n) is 14.0. The second kappa shape index (κ2) is 6.60. The van der Waals surface area contributed by atoms with Crippen molar-refractivity contribution in [3.05, 3.63) is 29.8 Å². The van der Waals surface area contributed by atoms with Gasteiger partial charge >= 0.3 is 0 Å². The van der Waals surface area contributed by atoms with Crippen LogP contribution < -0.4 is 4.74 Å². The van der Waals surface area contributed by atoms with Crippen LogP contribution in [0.15, 0.2) is 29.4 Å². The van der Waals surface area contributed by atoms with Crippen LogP contribution in [0.25, 0.3) is 0 Å². The SMILES string of the molecule is COc1ccccc1C1=NO[C@H](C(=O)N2[C@H](C)CCC[C@@H]2C)C1. The molecule has 0 bridgehead atoms. The molecule has 1 amide bonds. The smallest absolute Gasteiger partial charge is 0.267 e. The Morgan fingerprint density at radius 1 is 1.26 bits per heavy atom. The largest absolute Gasteiger partial charge is 0.496 e. The van der Waals surface area contributed by atoms with Crippen LogP contribution in [-0.4, -0.2) is 41.8 Å². The molecule has 124 valence electrons. The summed E-state index contributed by atoms with van der Waals surface area (Å²) in [5.74, 6) is 0.806. The van der Waals surface area contributed by atoms with Gasteiger partial charge in [-0.2, -0.15) is 0 Å². The fourth-order valence-corrected chi connectivity index (χ4v) is 3.57. The van der Waals surface area contributed by atoms with Crippen molar-refractivity contribution in [3.8, 4) is 5.75 Å². The predicted molar refractivity (Wildman–Crippen MR) is 88.6 cm³/mol. The zero-order valence-corrected chi connectivity index (χ0v) is 14.0. The molecule has 2 aliphatic rings. The number of hydrogen-bond acceptors (Lipinski definition) is 4. The van der Waals surface area contributed by atoms with Crippen molar-refractivity contribution in [2.45, 2.75) is 57.7 Å². The minimum absolute atomic E-state index is 0.0540. The Kier molecular flexibility index (Phi) is 4.55. The summed E-state index contributed by atoms with van der Waals surface area (Å²) in [4.78, 5) is 20.3. The van der Waals surface area contributed by atoms with Crippen molar-refractivity contribution < 1.29 is 14.4 Å². The summed E-state index contributed by atoms with van der Waals surface area (Å²) in [6.07, 6.45) is 3.28. The van der Waals surface area contributed by atoms with Gasteiger partial charge in [0.05, 0.1) is 12.8 Å². The van der Waals surface area contributed by atoms with Crippen LogP contribution in [0.1, 0.15) is 45.1 Å². The molecule has 0 aliphatic carbocycles. The molecule has 1 aromatic rings. The van der Waals surface area contributed by atoms with E-state index in [-0.39, 0.29) is 18.0 Å². The van der Waals surface area contributed by atoms with E-state index in [0.29, 0.717) is 6.42 Å². The van der Waals surface area contributed by atoms with Crippen LogP contribution in [0.2, 0.25) is 0 Å². The number of benzene rings is 1. The highest BCUT2D eigenvalue weighted by atomic mass is 16.6. The van der Waals surface area contributed by atoms with E-state index in [4.69, 9.17) is 9.57 Å². The third-order valence-corrected chi connectivity index (χ3v) is 4.81. The number of hydrogen-bond donors (Lipinski definition) is 0. The van der Waals surface area contributed by atoms with Gasteiger partial charge in [-0.15, -0.1) is 0 Å². The van der Waals surface area contributed by atoms with Gasteiger partial charge in [0.1, 0.15) is 5.75 Å². The highest BCUT2D eigenvalue weighted by Crippen LogP contribution is 2.28. The molecule has 0 radical (unpaired) electrons. The van der Waals surface area contributed by atoms with Crippen molar-refractivity contribution >= 4 is 11.6 Å². The maximum absolute atomic E-state index is 12.8. The van der Waals surface area contributed by atoms with Crippen LogP contribution in [0.4, 0.5) is 0 Å². The van der Waals surface area contributed by atoms with Crippen LogP contribution in [-0.2, 0) is 9.63 Å². The number of rotatable bonds is 3. The van der Waals surface area contributed by atoms with Crippen LogP contribution in [0.3, 0.4) is 0 Å². The number of para-hydroxylation sites is 1. The van der Waals surface area contributed by atoms with E-state index in [1.165, 1.54) is 6.42 Å². The van der Waals surface area contributed by atoms with Crippen molar-refractivity contribution in [3.63, 3.8) is 0 Å². The highest BCUT2D eigenvalue weighted by molar-refractivity contribution is 6.06. The number of piperidine rings is 1. The summed E-state index contributed by atoms with van der Waals surface area (Å²) in [7, 11) is 1.63. The Bertz CT molecular complexity index is 604. The highest BCUT2D eigenvalue weighted by Gasteiger charge is 2.38. The first-order valence-electron chi connectivity index (χ1n) is 8.30. The summed E-state index contributed by atoms with van der Waals surface area (Å²) in [6, 6.07) is 8.22. The van der Waals surface area contributed by atoms with E-state index in [0.717, 1.165) is 29.9 Å². The van der Waals surface area contributed by atoms with E-state index in [1.807, 2.05) is 29.2 Å². The summed E-state index contributed by atoms with van der Waals surface area (Å²) < 4.78 is 5.37. The van der Waals surface area contributed by atoms with Crippen molar-refractivity contribution in [2.75, 3.05) is 7.11 Å². The van der Waals surface area contributed by atoms with Gasteiger partial charge < -0.3 is 14.5 Å². The molecule has 23 heavy (non-hydrogen) atoms. The van der Waals surface area contributed by atoms with E-state index >= 15 is 0 Å². The van der Waals surface area contributed by atoms with Gasteiger partial charge in [-0.25, -0.2) is 0 Å². The Labute approximate surface area is 137 Å². The molecule has 3 rings (SSSR count). The lowest BCUT2D eigenvalue weighted by atomic mass is 9.95. The number of ether oxygens (including phenoxy) is 1. The lowest BCUT2D eigenvalue weighted by Gasteiger charge is -2.39. The standard InChI is InChI=1S/C18H24N2O3/c1-12-7-6-8-13(2)20(12)18(21)17-11-15(19-23-17)14-9-4-5-10-16(14)22-3/h4-5,9-10,12-13,17H,6-8,11H2,1-3H3/t12-,13+,17-/m0/s1. The van der Waals surface area contributed by atoms with Gasteiger partial charge in [-0.1, -0.05) is 17.3 Å². The van der Waals surface area contributed by atoms with Crippen molar-refractivity contribution in [1.29, 1.82) is 0 Å². The summed E-state index contributed by atoms with van der Waals surface area (Å²) in [6.45, 7) is 4.23. The Morgan fingerprint density at radius 2 is 1.96 bits per heavy atom. The molecule has 1 fully saturated rings. The summed E-state index contributed by atoms with van der Waals surface area (Å²) in [5.41, 5.74) is 1.67. The molecule has 5 heteroatoms. The van der Waals surface area contributed by atoms with Gasteiger partial charge in [0, 0.05) is 24.1 Å². The second-order valence-corrected chi connectivity index (χ2v) is 6.41. The third-order valence-electron chi connectivity index (χ3n) is 4.81. The number of nitrogens with zero attached hydrogens (tertiary/aromatic N) is 2. The Morgan fingerprint density at radius 3 is 2.65 bits per heavy atom. The summed E-state index contributed by atoms with van der Waals surface area (Å²) >= 11 is 0. The first kappa shape index (κ1) is 15.8. The van der Waals surface area contributed by atoms with Gasteiger partial charge in [0.25, 0.3) is 5.91 Å². The molecule has 1 aromatic carbocycles. The fraction of sp³-hybridized carbons (Fsp3) is 0.556. The minimum Gasteiger partial charge on any atom is -0.496 e. The average molecular weight is 316 g/mol. The molecule has 0 unspecified atom stereocenters. The van der Waals surface area contributed by atoms with Gasteiger partial charge in [-0.3, -0.25) is 4.79 Å². The Hall–Kier alpha value is -2.04. The topological polar surface area (TPSA) is 51.1 Å². The molecular formula is C18H24N2O3. The van der Waals surface area contributed by atoms with Gasteiger partial charge in [-0.05, 0) is 45.2 Å². The molecular weight excluding hydrogens is 292 g/mol. The number of oxime groups is 1. The maximum Gasteiger partial charge on any atom is 0.267 e. The van der Waals surface area contributed by atoms with E-state index < -0.39 is 6.10 Å². The number of likely N-dealkylation sites (tertiary alicyclic amines) is 1. The third kappa shape index (κ3) is 3.05. The van der Waals surface area contributed by atoms with E-state index in [9.17, 15) is 4.79 Å². The van der Waals surface area contributed by atoms with Crippen molar-refractivity contribution in [1.82, 2.24) is 4.90 Å². The van der Waals surface area contributed by atoms with Crippen LogP contribution in [0, 0.1) is 0 Å².